The number of carbonyl (C=O) groups is 1. The van der Waals surface area contributed by atoms with Crippen molar-refractivity contribution in [1.29, 1.82) is 0 Å². The SMILES string of the molecule is O=C(Cc1ccccc1)Nc1noc(Cc2ccccc2)c1-c1ccc(Cl)cc1. The molecule has 0 saturated carbocycles. The van der Waals surface area contributed by atoms with Crippen LogP contribution in [0.1, 0.15) is 16.9 Å². The van der Waals surface area contributed by atoms with Gasteiger partial charge in [0.1, 0.15) is 0 Å². The van der Waals surface area contributed by atoms with Gasteiger partial charge in [-0.15, -0.1) is 0 Å². The Kier molecular flexibility index (Phi) is 5.73. The molecule has 0 aliphatic carbocycles. The van der Waals surface area contributed by atoms with Gasteiger partial charge in [-0.25, -0.2) is 0 Å². The van der Waals surface area contributed by atoms with Crippen molar-refractivity contribution in [3.8, 4) is 11.1 Å². The molecule has 0 fully saturated rings. The molecular formula is C24H19ClN2O2. The van der Waals surface area contributed by atoms with Gasteiger partial charge in [0, 0.05) is 11.4 Å². The third-order valence-corrected chi connectivity index (χ3v) is 4.82. The molecule has 4 rings (SSSR count). The van der Waals surface area contributed by atoms with Crippen molar-refractivity contribution < 1.29 is 9.32 Å². The molecule has 3 aromatic carbocycles. The molecule has 0 bridgehead atoms. The quantitative estimate of drug-likeness (QED) is 0.445. The van der Waals surface area contributed by atoms with Crippen LogP contribution in [0, 0.1) is 0 Å². The molecule has 0 saturated heterocycles. The number of hydrogen-bond acceptors (Lipinski definition) is 3. The van der Waals surface area contributed by atoms with E-state index in [2.05, 4.69) is 10.5 Å². The monoisotopic (exact) mass is 402 g/mol. The molecule has 4 aromatic rings. The minimum Gasteiger partial charge on any atom is -0.358 e. The molecule has 1 aromatic heterocycles. The summed E-state index contributed by atoms with van der Waals surface area (Å²) in [4.78, 5) is 12.6. The van der Waals surface area contributed by atoms with Crippen molar-refractivity contribution in [2.45, 2.75) is 12.8 Å². The van der Waals surface area contributed by atoms with Crippen LogP contribution in [0.25, 0.3) is 11.1 Å². The summed E-state index contributed by atoms with van der Waals surface area (Å²) in [5, 5.41) is 7.70. The topological polar surface area (TPSA) is 55.1 Å². The Morgan fingerprint density at radius 1 is 0.862 bits per heavy atom. The second-order valence-corrected chi connectivity index (χ2v) is 7.15. The Morgan fingerprint density at radius 2 is 1.48 bits per heavy atom. The highest BCUT2D eigenvalue weighted by molar-refractivity contribution is 6.30. The maximum atomic E-state index is 12.6. The van der Waals surface area contributed by atoms with E-state index in [0.29, 0.717) is 23.0 Å². The average molecular weight is 403 g/mol. The van der Waals surface area contributed by atoms with Crippen LogP contribution < -0.4 is 5.32 Å². The van der Waals surface area contributed by atoms with E-state index < -0.39 is 0 Å². The molecule has 29 heavy (non-hydrogen) atoms. The molecule has 0 aliphatic heterocycles. The van der Waals surface area contributed by atoms with E-state index in [0.717, 1.165) is 22.3 Å². The molecule has 4 nitrogen and oxygen atoms in total. The molecule has 1 heterocycles. The first kappa shape index (κ1) is 19.0. The van der Waals surface area contributed by atoms with E-state index in [9.17, 15) is 4.79 Å². The van der Waals surface area contributed by atoms with Gasteiger partial charge < -0.3 is 9.84 Å². The summed E-state index contributed by atoms with van der Waals surface area (Å²) in [6, 6.07) is 27.0. The van der Waals surface area contributed by atoms with Crippen LogP contribution in [0.5, 0.6) is 0 Å². The standard InChI is InChI=1S/C24H19ClN2O2/c25-20-13-11-19(12-14-20)23-21(15-17-7-3-1-4-8-17)29-27-24(23)26-22(28)16-18-9-5-2-6-10-18/h1-14H,15-16H2,(H,26,27,28). The van der Waals surface area contributed by atoms with Crippen LogP contribution in [-0.4, -0.2) is 11.1 Å². The van der Waals surface area contributed by atoms with Crippen LogP contribution in [0.15, 0.2) is 89.5 Å². The van der Waals surface area contributed by atoms with Crippen LogP contribution in [0.3, 0.4) is 0 Å². The summed E-state index contributed by atoms with van der Waals surface area (Å²) in [5.74, 6) is 0.957. The van der Waals surface area contributed by atoms with Gasteiger partial charge in [-0.1, -0.05) is 89.6 Å². The second-order valence-electron chi connectivity index (χ2n) is 6.71. The van der Waals surface area contributed by atoms with Crippen molar-refractivity contribution in [2.75, 3.05) is 5.32 Å². The van der Waals surface area contributed by atoms with E-state index in [1.807, 2.05) is 84.9 Å². The Bertz CT molecular complexity index is 1090. The number of benzene rings is 3. The fourth-order valence-electron chi connectivity index (χ4n) is 3.18. The summed E-state index contributed by atoms with van der Waals surface area (Å²) in [6.07, 6.45) is 0.835. The van der Waals surface area contributed by atoms with Crippen molar-refractivity contribution in [3.05, 3.63) is 107 Å². The number of amides is 1. The van der Waals surface area contributed by atoms with Gasteiger partial charge in [-0.2, -0.15) is 0 Å². The number of nitrogens with one attached hydrogen (secondary N) is 1. The summed E-state index contributed by atoms with van der Waals surface area (Å²) < 4.78 is 5.64. The van der Waals surface area contributed by atoms with Crippen LogP contribution >= 0.6 is 11.6 Å². The van der Waals surface area contributed by atoms with Gasteiger partial charge in [0.25, 0.3) is 0 Å². The largest absolute Gasteiger partial charge is 0.358 e. The predicted molar refractivity (Wildman–Crippen MR) is 115 cm³/mol. The van der Waals surface area contributed by atoms with E-state index in [1.54, 1.807) is 0 Å². The van der Waals surface area contributed by atoms with Crippen molar-refractivity contribution in [2.24, 2.45) is 0 Å². The Morgan fingerprint density at radius 3 is 2.14 bits per heavy atom. The number of hydrogen-bond donors (Lipinski definition) is 1. The molecule has 144 valence electrons. The molecule has 0 spiro atoms. The van der Waals surface area contributed by atoms with Gasteiger partial charge in [0.05, 0.1) is 12.0 Å². The van der Waals surface area contributed by atoms with Crippen LogP contribution in [0.2, 0.25) is 5.02 Å². The maximum absolute atomic E-state index is 12.6. The highest BCUT2D eigenvalue weighted by atomic mass is 35.5. The van der Waals surface area contributed by atoms with E-state index in [-0.39, 0.29) is 12.3 Å². The molecule has 0 radical (unpaired) electrons. The first-order valence-corrected chi connectivity index (χ1v) is 9.69. The lowest BCUT2D eigenvalue weighted by atomic mass is 10.0. The zero-order valence-corrected chi connectivity index (χ0v) is 16.4. The van der Waals surface area contributed by atoms with Crippen molar-refractivity contribution in [1.82, 2.24) is 5.16 Å². The number of aromatic nitrogens is 1. The lowest BCUT2D eigenvalue weighted by Crippen LogP contribution is -2.15. The Labute approximate surface area is 174 Å². The predicted octanol–water partition coefficient (Wildman–Crippen LogP) is 5.77. The lowest BCUT2D eigenvalue weighted by Gasteiger charge is -2.07. The number of nitrogens with zero attached hydrogens (tertiary/aromatic N) is 1. The summed E-state index contributed by atoms with van der Waals surface area (Å²) in [5.41, 5.74) is 3.69. The first-order chi connectivity index (χ1) is 14.2. The first-order valence-electron chi connectivity index (χ1n) is 9.31. The molecule has 5 heteroatoms. The fraction of sp³-hybridized carbons (Fsp3) is 0.0833. The van der Waals surface area contributed by atoms with Crippen molar-refractivity contribution in [3.63, 3.8) is 0 Å². The van der Waals surface area contributed by atoms with Crippen LogP contribution in [-0.2, 0) is 17.6 Å². The minimum atomic E-state index is -0.147. The summed E-state index contributed by atoms with van der Waals surface area (Å²) >= 11 is 6.05. The van der Waals surface area contributed by atoms with Gasteiger partial charge in [0.15, 0.2) is 11.6 Å². The number of anilines is 1. The average Bonchev–Trinajstić information content (AvgIpc) is 3.12. The maximum Gasteiger partial charge on any atom is 0.230 e. The molecule has 0 unspecified atom stereocenters. The molecular weight excluding hydrogens is 384 g/mol. The third-order valence-electron chi connectivity index (χ3n) is 4.57. The van der Waals surface area contributed by atoms with E-state index in [1.165, 1.54) is 0 Å². The van der Waals surface area contributed by atoms with E-state index in [4.69, 9.17) is 16.1 Å². The zero-order chi connectivity index (χ0) is 20.1. The summed E-state index contributed by atoms with van der Waals surface area (Å²) in [6.45, 7) is 0. The summed E-state index contributed by atoms with van der Waals surface area (Å²) in [7, 11) is 0. The second kappa shape index (κ2) is 8.76. The van der Waals surface area contributed by atoms with Crippen LogP contribution in [0.4, 0.5) is 5.82 Å². The highest BCUT2D eigenvalue weighted by Crippen LogP contribution is 2.33. The molecule has 1 N–H and O–H groups in total. The van der Waals surface area contributed by atoms with Gasteiger partial charge in [-0.3, -0.25) is 4.79 Å². The normalized spacial score (nSPS) is 10.7. The molecule has 0 aliphatic rings. The number of carbonyl (C=O) groups excluding carboxylic acids is 1. The Hall–Kier alpha value is -3.37. The molecule has 1 amide bonds. The van der Waals surface area contributed by atoms with Gasteiger partial charge in [0.2, 0.25) is 5.91 Å². The zero-order valence-electron chi connectivity index (χ0n) is 15.6. The van der Waals surface area contributed by atoms with E-state index >= 15 is 0 Å². The lowest BCUT2D eigenvalue weighted by molar-refractivity contribution is -0.115. The minimum absolute atomic E-state index is 0.147. The number of halogens is 1. The Balaban J connectivity index is 1.64. The molecule has 0 atom stereocenters. The highest BCUT2D eigenvalue weighted by Gasteiger charge is 2.20. The third kappa shape index (κ3) is 4.73. The van der Waals surface area contributed by atoms with Crippen molar-refractivity contribution >= 4 is 23.3 Å². The smallest absolute Gasteiger partial charge is 0.230 e. The fourth-order valence-corrected chi connectivity index (χ4v) is 3.31. The van der Waals surface area contributed by atoms with Gasteiger partial charge in [-0.05, 0) is 28.8 Å². The van der Waals surface area contributed by atoms with Gasteiger partial charge >= 0.3 is 0 Å². The number of rotatable bonds is 6.